The van der Waals surface area contributed by atoms with Gasteiger partial charge in [-0.2, -0.15) is 5.10 Å². The highest BCUT2D eigenvalue weighted by molar-refractivity contribution is 6.30. The Morgan fingerprint density at radius 1 is 1.03 bits per heavy atom. The summed E-state index contributed by atoms with van der Waals surface area (Å²) in [4.78, 5) is 29.9. The van der Waals surface area contributed by atoms with Crippen molar-refractivity contribution in [3.8, 4) is 0 Å². The molecule has 2 aromatic heterocycles. The zero-order valence-corrected chi connectivity index (χ0v) is 19.5. The van der Waals surface area contributed by atoms with Crippen molar-refractivity contribution in [1.29, 1.82) is 0 Å². The average Bonchev–Trinajstić information content (AvgIpc) is 3.24. The Bertz CT molecular complexity index is 1300. The number of halogens is 3. The summed E-state index contributed by atoms with van der Waals surface area (Å²) in [5.74, 6) is -2.48. The molecule has 3 aliphatic carbocycles. The average molecular weight is 504 g/mol. The molecule has 0 saturated heterocycles. The maximum Gasteiger partial charge on any atom is 0.270 e. The molecular weight excluding hydrogens is 480 g/mol. The molecule has 3 N–H and O–H groups in total. The van der Waals surface area contributed by atoms with Crippen molar-refractivity contribution < 1.29 is 23.5 Å². The van der Waals surface area contributed by atoms with Crippen LogP contribution in [0.2, 0.25) is 5.02 Å². The molecular formula is C24H24ClF2N5O3. The molecule has 3 saturated carbocycles. The molecule has 0 spiro atoms. The second-order valence-electron chi connectivity index (χ2n) is 9.59. The molecule has 6 rings (SSSR count). The molecule has 0 aliphatic heterocycles. The van der Waals surface area contributed by atoms with Gasteiger partial charge in [-0.3, -0.25) is 9.59 Å². The SMILES string of the molecule is O=C(NCc1ccc(F)c(Cl)c1)c1cc(C(=O)NCC23CCC(O)(CC2)CC3)n2ncc(F)c2n1. The van der Waals surface area contributed by atoms with Crippen LogP contribution in [0.4, 0.5) is 8.78 Å². The van der Waals surface area contributed by atoms with Gasteiger partial charge in [0, 0.05) is 19.2 Å². The Morgan fingerprint density at radius 3 is 2.43 bits per heavy atom. The van der Waals surface area contributed by atoms with Gasteiger partial charge in [0.25, 0.3) is 11.8 Å². The van der Waals surface area contributed by atoms with Crippen LogP contribution in [0.3, 0.4) is 0 Å². The normalized spacial score (nSPS) is 23.4. The van der Waals surface area contributed by atoms with E-state index in [4.69, 9.17) is 11.6 Å². The van der Waals surface area contributed by atoms with Crippen molar-refractivity contribution >= 4 is 29.1 Å². The largest absolute Gasteiger partial charge is 0.390 e. The third-order valence-electron chi connectivity index (χ3n) is 7.32. The number of aliphatic hydroxyl groups is 1. The van der Waals surface area contributed by atoms with Crippen molar-refractivity contribution in [2.45, 2.75) is 50.7 Å². The fraction of sp³-hybridized carbons (Fsp3) is 0.417. The van der Waals surface area contributed by atoms with E-state index in [9.17, 15) is 23.5 Å². The predicted octanol–water partition coefficient (Wildman–Crippen LogP) is 3.41. The minimum Gasteiger partial charge on any atom is -0.390 e. The second-order valence-corrected chi connectivity index (χ2v) is 10.00. The van der Waals surface area contributed by atoms with E-state index in [0.29, 0.717) is 12.1 Å². The first-order valence-corrected chi connectivity index (χ1v) is 11.8. The van der Waals surface area contributed by atoms with E-state index in [2.05, 4.69) is 20.7 Å². The highest BCUT2D eigenvalue weighted by Crippen LogP contribution is 2.51. The van der Waals surface area contributed by atoms with E-state index in [1.54, 1.807) is 0 Å². The number of benzene rings is 1. The maximum absolute atomic E-state index is 14.3. The van der Waals surface area contributed by atoms with Crippen LogP contribution in [-0.4, -0.2) is 43.7 Å². The lowest BCUT2D eigenvalue weighted by atomic mass is 9.58. The first-order chi connectivity index (χ1) is 16.7. The molecule has 0 atom stereocenters. The maximum atomic E-state index is 14.3. The molecule has 3 aliphatic rings. The van der Waals surface area contributed by atoms with Crippen LogP contribution in [0.5, 0.6) is 0 Å². The number of amides is 2. The smallest absolute Gasteiger partial charge is 0.270 e. The van der Waals surface area contributed by atoms with E-state index in [0.717, 1.165) is 49.2 Å². The van der Waals surface area contributed by atoms with Crippen molar-refractivity contribution in [3.63, 3.8) is 0 Å². The van der Waals surface area contributed by atoms with Gasteiger partial charge in [0.05, 0.1) is 16.8 Å². The number of carbonyl (C=O) groups excluding carboxylic acids is 2. The van der Waals surface area contributed by atoms with Crippen LogP contribution < -0.4 is 10.6 Å². The van der Waals surface area contributed by atoms with Crippen LogP contribution in [0.1, 0.15) is 65.1 Å². The van der Waals surface area contributed by atoms with E-state index < -0.39 is 29.0 Å². The van der Waals surface area contributed by atoms with Gasteiger partial charge < -0.3 is 15.7 Å². The van der Waals surface area contributed by atoms with E-state index in [1.807, 2.05) is 0 Å². The molecule has 3 fully saturated rings. The van der Waals surface area contributed by atoms with Gasteiger partial charge in [-0.05, 0) is 61.6 Å². The van der Waals surface area contributed by atoms with Gasteiger partial charge >= 0.3 is 0 Å². The van der Waals surface area contributed by atoms with Gasteiger partial charge in [0.2, 0.25) is 0 Å². The molecule has 8 nitrogen and oxygen atoms in total. The van der Waals surface area contributed by atoms with Crippen LogP contribution in [-0.2, 0) is 6.54 Å². The zero-order chi connectivity index (χ0) is 24.8. The Kier molecular flexibility index (Phi) is 5.96. The van der Waals surface area contributed by atoms with Crippen LogP contribution in [0, 0.1) is 17.0 Å². The summed E-state index contributed by atoms with van der Waals surface area (Å²) in [6.45, 7) is 0.451. The summed E-state index contributed by atoms with van der Waals surface area (Å²) in [6.07, 6.45) is 5.57. The number of rotatable bonds is 6. The number of fused-ring (bicyclic) bond motifs is 4. The third kappa shape index (κ3) is 4.60. The van der Waals surface area contributed by atoms with E-state index in [-0.39, 0.29) is 34.0 Å². The molecule has 3 aromatic rings. The molecule has 184 valence electrons. The predicted molar refractivity (Wildman–Crippen MR) is 123 cm³/mol. The van der Waals surface area contributed by atoms with Gasteiger partial charge in [-0.15, -0.1) is 0 Å². The number of hydrogen-bond acceptors (Lipinski definition) is 5. The van der Waals surface area contributed by atoms with Crippen molar-refractivity contribution in [2.75, 3.05) is 6.54 Å². The Balaban J connectivity index is 1.34. The summed E-state index contributed by atoms with van der Waals surface area (Å²) in [5, 5.41) is 19.8. The summed E-state index contributed by atoms with van der Waals surface area (Å²) in [7, 11) is 0. The van der Waals surface area contributed by atoms with Gasteiger partial charge in [-0.1, -0.05) is 17.7 Å². The molecule has 2 amide bonds. The van der Waals surface area contributed by atoms with Gasteiger partial charge in [-0.25, -0.2) is 18.3 Å². The Labute approximate surface area is 204 Å². The lowest BCUT2D eigenvalue weighted by molar-refractivity contribution is -0.0900. The molecule has 1 aromatic carbocycles. The highest BCUT2D eigenvalue weighted by Gasteiger charge is 2.47. The van der Waals surface area contributed by atoms with Crippen LogP contribution in [0.15, 0.2) is 30.5 Å². The number of hydrogen-bond donors (Lipinski definition) is 3. The fourth-order valence-corrected chi connectivity index (χ4v) is 5.21. The summed E-state index contributed by atoms with van der Waals surface area (Å²) in [5.41, 5.74) is -0.506. The fourth-order valence-electron chi connectivity index (χ4n) is 5.00. The topological polar surface area (TPSA) is 109 Å². The quantitative estimate of drug-likeness (QED) is 0.478. The highest BCUT2D eigenvalue weighted by atomic mass is 35.5. The van der Waals surface area contributed by atoms with Crippen molar-refractivity contribution in [2.24, 2.45) is 5.41 Å². The van der Waals surface area contributed by atoms with Crippen LogP contribution in [0.25, 0.3) is 5.65 Å². The van der Waals surface area contributed by atoms with E-state index >= 15 is 0 Å². The number of nitrogens with one attached hydrogen (secondary N) is 2. The molecule has 0 unspecified atom stereocenters. The lowest BCUT2D eigenvalue weighted by Gasteiger charge is -2.51. The minimum absolute atomic E-state index is 0.0200. The zero-order valence-electron chi connectivity index (χ0n) is 18.8. The summed E-state index contributed by atoms with van der Waals surface area (Å²) in [6, 6.07) is 5.32. The molecule has 35 heavy (non-hydrogen) atoms. The molecule has 11 heteroatoms. The minimum atomic E-state index is -0.767. The second kappa shape index (κ2) is 8.83. The number of nitrogens with zero attached hydrogens (tertiary/aromatic N) is 3. The van der Waals surface area contributed by atoms with Crippen molar-refractivity contribution in [3.05, 3.63) is 64.1 Å². The van der Waals surface area contributed by atoms with E-state index in [1.165, 1.54) is 24.3 Å². The molecule has 0 radical (unpaired) electrons. The first-order valence-electron chi connectivity index (χ1n) is 11.4. The number of carbonyl (C=O) groups is 2. The lowest BCUT2D eigenvalue weighted by Crippen LogP contribution is -2.50. The Morgan fingerprint density at radius 2 is 1.74 bits per heavy atom. The summed E-state index contributed by atoms with van der Waals surface area (Å²) >= 11 is 5.78. The van der Waals surface area contributed by atoms with Crippen LogP contribution >= 0.6 is 11.6 Å². The molecule has 2 bridgehead atoms. The number of aromatic nitrogens is 3. The third-order valence-corrected chi connectivity index (χ3v) is 7.61. The standard InChI is InChI=1S/C24H24ClF2N5O3/c25-15-9-14(1-2-16(15)26)11-28-21(33)18-10-19(32-20(31-18)17(27)12-30-32)22(34)29-13-23-3-6-24(35,7-4-23)8-5-23/h1-2,9-10,12,35H,3-8,11,13H2,(H,28,33)(H,29,34). The van der Waals surface area contributed by atoms with Gasteiger partial charge in [0.1, 0.15) is 17.2 Å². The summed E-state index contributed by atoms with van der Waals surface area (Å²) < 4.78 is 28.7. The Hall–Kier alpha value is -3.11. The molecule has 2 heterocycles. The van der Waals surface area contributed by atoms with Crippen molar-refractivity contribution in [1.82, 2.24) is 25.2 Å². The monoisotopic (exact) mass is 503 g/mol. The van der Waals surface area contributed by atoms with Gasteiger partial charge in [0.15, 0.2) is 11.5 Å². The first kappa shape index (κ1) is 23.6.